The molecule has 0 saturated heterocycles. The van der Waals surface area contributed by atoms with Gasteiger partial charge < -0.3 is 4.90 Å². The number of benzene rings is 1. The van der Waals surface area contributed by atoms with Crippen LogP contribution >= 0.6 is 0 Å². The highest BCUT2D eigenvalue weighted by atomic mass is 15.2. The molecular weight excluding hydrogens is 172 g/mol. The summed E-state index contributed by atoms with van der Waals surface area (Å²) in [7, 11) is 2.03. The maximum absolute atomic E-state index is 8.03. The molecule has 1 aromatic rings. The van der Waals surface area contributed by atoms with Gasteiger partial charge in [-0.1, -0.05) is 30.3 Å². The lowest BCUT2D eigenvalue weighted by Gasteiger charge is -2.36. The van der Waals surface area contributed by atoms with Gasteiger partial charge in [0, 0.05) is 18.7 Å². The van der Waals surface area contributed by atoms with E-state index in [-0.39, 0.29) is 0 Å². The monoisotopic (exact) mass is 188 g/mol. The van der Waals surface area contributed by atoms with Crippen LogP contribution in [0.15, 0.2) is 30.3 Å². The molecular formula is C12H16N2. The summed E-state index contributed by atoms with van der Waals surface area (Å²) < 4.78 is 0. The molecule has 1 fully saturated rings. The van der Waals surface area contributed by atoms with Gasteiger partial charge >= 0.3 is 0 Å². The molecule has 0 amide bonds. The second kappa shape index (κ2) is 3.82. The molecule has 1 aliphatic rings. The maximum atomic E-state index is 8.03. The van der Waals surface area contributed by atoms with Gasteiger partial charge in [-0.05, 0) is 19.3 Å². The Hall–Kier alpha value is -1.31. The number of nitrogens with one attached hydrogen (secondary N) is 1. The Kier molecular flexibility index (Phi) is 2.53. The summed E-state index contributed by atoms with van der Waals surface area (Å²) >= 11 is 0. The van der Waals surface area contributed by atoms with E-state index in [1.807, 2.05) is 37.4 Å². The molecule has 1 saturated carbocycles. The van der Waals surface area contributed by atoms with Crippen molar-refractivity contribution in [1.82, 2.24) is 4.90 Å². The van der Waals surface area contributed by atoms with Crippen molar-refractivity contribution in [3.8, 4) is 0 Å². The van der Waals surface area contributed by atoms with Crippen LogP contribution in [0.4, 0.5) is 0 Å². The zero-order chi connectivity index (χ0) is 9.97. The maximum Gasteiger partial charge on any atom is 0.128 e. The van der Waals surface area contributed by atoms with E-state index in [1.165, 1.54) is 19.3 Å². The standard InChI is InChI=1S/C12H16N2/c1-14(11-8-5-9-11)12(13)10-6-3-2-4-7-10/h2-4,6-7,11,13H,5,8-9H2,1H3. The summed E-state index contributed by atoms with van der Waals surface area (Å²) in [4.78, 5) is 2.10. The average Bonchev–Trinajstić information content (AvgIpc) is 2.15. The molecule has 0 aromatic heterocycles. The highest BCUT2D eigenvalue weighted by Gasteiger charge is 2.23. The minimum Gasteiger partial charge on any atom is -0.357 e. The van der Waals surface area contributed by atoms with E-state index in [0.717, 1.165) is 5.56 Å². The van der Waals surface area contributed by atoms with Crippen LogP contribution < -0.4 is 0 Å². The number of nitrogens with zero attached hydrogens (tertiary/aromatic N) is 1. The first-order valence-corrected chi connectivity index (χ1v) is 5.16. The molecule has 2 nitrogen and oxygen atoms in total. The molecule has 0 unspecified atom stereocenters. The average molecular weight is 188 g/mol. The van der Waals surface area contributed by atoms with E-state index < -0.39 is 0 Å². The SMILES string of the molecule is CN(C(=N)c1ccccc1)C1CCC1. The second-order valence-electron chi connectivity index (χ2n) is 3.91. The molecule has 0 radical (unpaired) electrons. The Morgan fingerprint density at radius 3 is 2.43 bits per heavy atom. The number of rotatable bonds is 2. The minimum atomic E-state index is 0.600. The fraction of sp³-hybridized carbons (Fsp3) is 0.417. The predicted octanol–water partition coefficient (Wildman–Crippen LogP) is 2.50. The summed E-state index contributed by atoms with van der Waals surface area (Å²) in [6, 6.07) is 10.6. The summed E-state index contributed by atoms with van der Waals surface area (Å²) in [5.41, 5.74) is 1.02. The van der Waals surface area contributed by atoms with Gasteiger partial charge in [-0.3, -0.25) is 5.41 Å². The van der Waals surface area contributed by atoms with Crippen LogP contribution in [0.25, 0.3) is 0 Å². The van der Waals surface area contributed by atoms with Crippen molar-refractivity contribution in [1.29, 1.82) is 5.41 Å². The van der Waals surface area contributed by atoms with Crippen LogP contribution in [0.3, 0.4) is 0 Å². The molecule has 0 atom stereocenters. The molecule has 0 spiro atoms. The van der Waals surface area contributed by atoms with Gasteiger partial charge in [-0.25, -0.2) is 0 Å². The molecule has 1 aliphatic carbocycles. The van der Waals surface area contributed by atoms with Crippen molar-refractivity contribution in [2.75, 3.05) is 7.05 Å². The van der Waals surface area contributed by atoms with Crippen LogP contribution in [0.1, 0.15) is 24.8 Å². The summed E-state index contributed by atoms with van der Waals surface area (Å²) in [5.74, 6) is 0.648. The van der Waals surface area contributed by atoms with E-state index >= 15 is 0 Å². The Morgan fingerprint density at radius 2 is 1.93 bits per heavy atom. The highest BCUT2D eigenvalue weighted by Crippen LogP contribution is 2.24. The van der Waals surface area contributed by atoms with Crippen LogP contribution in [0.5, 0.6) is 0 Å². The quantitative estimate of drug-likeness (QED) is 0.560. The Labute approximate surface area is 85.1 Å². The van der Waals surface area contributed by atoms with Crippen molar-refractivity contribution in [2.45, 2.75) is 25.3 Å². The molecule has 0 heterocycles. The molecule has 2 rings (SSSR count). The van der Waals surface area contributed by atoms with Crippen molar-refractivity contribution in [3.05, 3.63) is 35.9 Å². The van der Waals surface area contributed by atoms with Gasteiger partial charge in [-0.15, -0.1) is 0 Å². The van der Waals surface area contributed by atoms with Crippen molar-refractivity contribution in [3.63, 3.8) is 0 Å². The minimum absolute atomic E-state index is 0.600. The molecule has 14 heavy (non-hydrogen) atoms. The first kappa shape index (κ1) is 9.25. The van der Waals surface area contributed by atoms with E-state index in [2.05, 4.69) is 4.90 Å². The first-order valence-electron chi connectivity index (χ1n) is 5.16. The van der Waals surface area contributed by atoms with E-state index in [1.54, 1.807) is 0 Å². The molecule has 74 valence electrons. The number of amidine groups is 1. The van der Waals surface area contributed by atoms with E-state index in [9.17, 15) is 0 Å². The smallest absolute Gasteiger partial charge is 0.128 e. The summed E-state index contributed by atoms with van der Waals surface area (Å²) in [5, 5.41) is 8.03. The highest BCUT2D eigenvalue weighted by molar-refractivity contribution is 5.96. The predicted molar refractivity (Wildman–Crippen MR) is 58.7 cm³/mol. The van der Waals surface area contributed by atoms with Gasteiger partial charge in [0.2, 0.25) is 0 Å². The van der Waals surface area contributed by atoms with Gasteiger partial charge in [0.15, 0.2) is 0 Å². The van der Waals surface area contributed by atoms with Gasteiger partial charge in [-0.2, -0.15) is 0 Å². The van der Waals surface area contributed by atoms with Gasteiger partial charge in [0.25, 0.3) is 0 Å². The van der Waals surface area contributed by atoms with Crippen molar-refractivity contribution in [2.24, 2.45) is 0 Å². The van der Waals surface area contributed by atoms with Gasteiger partial charge in [0.1, 0.15) is 5.84 Å². The lowest BCUT2D eigenvalue weighted by atomic mass is 9.91. The fourth-order valence-electron chi connectivity index (χ4n) is 1.76. The first-order chi connectivity index (χ1) is 6.79. The Balaban J connectivity index is 2.07. The summed E-state index contributed by atoms with van der Waals surface area (Å²) in [6.07, 6.45) is 3.80. The van der Waals surface area contributed by atoms with Crippen LogP contribution in [-0.2, 0) is 0 Å². The third kappa shape index (κ3) is 1.65. The summed E-state index contributed by atoms with van der Waals surface area (Å²) in [6.45, 7) is 0. The van der Waals surface area contributed by atoms with Gasteiger partial charge in [0.05, 0.1) is 0 Å². The third-order valence-electron chi connectivity index (χ3n) is 3.02. The Morgan fingerprint density at radius 1 is 1.29 bits per heavy atom. The largest absolute Gasteiger partial charge is 0.357 e. The van der Waals surface area contributed by atoms with Crippen LogP contribution in [0.2, 0.25) is 0 Å². The number of hydrogen-bond donors (Lipinski definition) is 1. The molecule has 2 heteroatoms. The van der Waals surface area contributed by atoms with E-state index in [4.69, 9.17) is 5.41 Å². The normalized spacial score (nSPS) is 16.1. The lowest BCUT2D eigenvalue weighted by molar-refractivity contribution is 0.240. The molecule has 1 N–H and O–H groups in total. The third-order valence-corrected chi connectivity index (χ3v) is 3.02. The van der Waals surface area contributed by atoms with E-state index in [0.29, 0.717) is 11.9 Å². The van der Waals surface area contributed by atoms with Crippen molar-refractivity contribution >= 4 is 5.84 Å². The fourth-order valence-corrected chi connectivity index (χ4v) is 1.76. The topological polar surface area (TPSA) is 27.1 Å². The number of hydrogen-bond acceptors (Lipinski definition) is 1. The molecule has 0 bridgehead atoms. The van der Waals surface area contributed by atoms with Crippen LogP contribution in [-0.4, -0.2) is 23.8 Å². The Bertz CT molecular complexity index is 314. The van der Waals surface area contributed by atoms with Crippen molar-refractivity contribution < 1.29 is 0 Å². The zero-order valence-electron chi connectivity index (χ0n) is 8.53. The zero-order valence-corrected chi connectivity index (χ0v) is 8.53. The second-order valence-corrected chi connectivity index (χ2v) is 3.91. The molecule has 0 aliphatic heterocycles. The van der Waals surface area contributed by atoms with Crippen LogP contribution in [0, 0.1) is 5.41 Å². The molecule has 1 aromatic carbocycles. The lowest BCUT2D eigenvalue weighted by Crippen LogP contribution is -2.41.